The standard InChI is InChI=1S/C12H19N3O4/c1-7-9(8(2)15(3)14-7)4-5-11(17)13-6-10(16)12(18)19/h10,16H,4-6H2,1-3H3,(H,13,17)(H,18,19)/t10-/m0/s1. The van der Waals surface area contributed by atoms with Crippen molar-refractivity contribution in [1.82, 2.24) is 15.1 Å². The zero-order chi connectivity index (χ0) is 14.6. The highest BCUT2D eigenvalue weighted by atomic mass is 16.4. The maximum atomic E-state index is 11.5. The summed E-state index contributed by atoms with van der Waals surface area (Å²) in [5.74, 6) is -1.64. The minimum atomic E-state index is -1.56. The Kier molecular flexibility index (Phi) is 5.05. The number of aliphatic carboxylic acids is 1. The van der Waals surface area contributed by atoms with Gasteiger partial charge in [0.25, 0.3) is 0 Å². The van der Waals surface area contributed by atoms with Crippen molar-refractivity contribution in [3.63, 3.8) is 0 Å². The highest BCUT2D eigenvalue weighted by molar-refractivity contribution is 5.78. The number of aliphatic hydroxyl groups excluding tert-OH is 1. The van der Waals surface area contributed by atoms with E-state index in [9.17, 15) is 9.59 Å². The summed E-state index contributed by atoms with van der Waals surface area (Å²) >= 11 is 0. The molecule has 0 aliphatic heterocycles. The Morgan fingerprint density at radius 3 is 2.53 bits per heavy atom. The molecule has 3 N–H and O–H groups in total. The first kappa shape index (κ1) is 15.2. The van der Waals surface area contributed by atoms with E-state index in [0.29, 0.717) is 6.42 Å². The van der Waals surface area contributed by atoms with Crippen molar-refractivity contribution < 1.29 is 19.8 Å². The van der Waals surface area contributed by atoms with E-state index in [-0.39, 0.29) is 18.9 Å². The zero-order valence-corrected chi connectivity index (χ0v) is 11.3. The Morgan fingerprint density at radius 2 is 2.05 bits per heavy atom. The van der Waals surface area contributed by atoms with Gasteiger partial charge in [0.15, 0.2) is 6.10 Å². The van der Waals surface area contributed by atoms with Gasteiger partial charge in [-0.1, -0.05) is 0 Å². The molecule has 0 aromatic carbocycles. The number of nitrogens with one attached hydrogen (secondary N) is 1. The van der Waals surface area contributed by atoms with Gasteiger partial charge in [0.1, 0.15) is 0 Å². The van der Waals surface area contributed by atoms with Gasteiger partial charge in [0.05, 0.1) is 12.2 Å². The van der Waals surface area contributed by atoms with Crippen LogP contribution in [0.1, 0.15) is 23.4 Å². The van der Waals surface area contributed by atoms with Gasteiger partial charge >= 0.3 is 5.97 Å². The Hall–Kier alpha value is -1.89. The number of nitrogens with zero attached hydrogens (tertiary/aromatic N) is 2. The molecule has 7 nitrogen and oxygen atoms in total. The Labute approximate surface area is 111 Å². The molecular formula is C12H19N3O4. The number of hydrogen-bond acceptors (Lipinski definition) is 4. The fraction of sp³-hybridized carbons (Fsp3) is 0.583. The van der Waals surface area contributed by atoms with E-state index >= 15 is 0 Å². The van der Waals surface area contributed by atoms with Gasteiger partial charge in [-0.3, -0.25) is 9.48 Å². The number of carbonyl (C=O) groups is 2. The molecule has 0 fully saturated rings. The number of aromatic nitrogens is 2. The average Bonchev–Trinajstić information content (AvgIpc) is 2.58. The van der Waals surface area contributed by atoms with Gasteiger partial charge in [-0.15, -0.1) is 0 Å². The van der Waals surface area contributed by atoms with Crippen molar-refractivity contribution in [2.24, 2.45) is 7.05 Å². The highest BCUT2D eigenvalue weighted by Gasteiger charge is 2.15. The van der Waals surface area contributed by atoms with E-state index in [2.05, 4.69) is 10.4 Å². The predicted molar refractivity (Wildman–Crippen MR) is 67.7 cm³/mol. The third-order valence-electron chi connectivity index (χ3n) is 3.04. The first-order valence-corrected chi connectivity index (χ1v) is 5.99. The molecule has 1 aromatic rings. The topological polar surface area (TPSA) is 104 Å². The Morgan fingerprint density at radius 1 is 1.42 bits per heavy atom. The number of carbonyl (C=O) groups excluding carboxylic acids is 1. The van der Waals surface area contributed by atoms with Crippen LogP contribution in [0.15, 0.2) is 0 Å². The van der Waals surface area contributed by atoms with Crippen LogP contribution in [0.4, 0.5) is 0 Å². The third-order valence-corrected chi connectivity index (χ3v) is 3.04. The number of aliphatic hydroxyl groups is 1. The molecular weight excluding hydrogens is 250 g/mol. The second-order valence-electron chi connectivity index (χ2n) is 4.43. The van der Waals surface area contributed by atoms with Crippen LogP contribution in [0.2, 0.25) is 0 Å². The summed E-state index contributed by atoms with van der Waals surface area (Å²) in [6.45, 7) is 3.54. The third kappa shape index (κ3) is 4.06. The fourth-order valence-corrected chi connectivity index (χ4v) is 1.80. The van der Waals surface area contributed by atoms with Crippen molar-refractivity contribution in [3.8, 4) is 0 Å². The lowest BCUT2D eigenvalue weighted by Crippen LogP contribution is -2.36. The minimum absolute atomic E-state index is 0.236. The summed E-state index contributed by atoms with van der Waals surface area (Å²) in [4.78, 5) is 21.9. The maximum absolute atomic E-state index is 11.5. The van der Waals surface area contributed by atoms with E-state index in [0.717, 1.165) is 17.0 Å². The van der Waals surface area contributed by atoms with Gasteiger partial charge in [-0.05, 0) is 25.8 Å². The van der Waals surface area contributed by atoms with E-state index in [1.54, 1.807) is 4.68 Å². The van der Waals surface area contributed by atoms with Crippen LogP contribution in [0, 0.1) is 13.8 Å². The minimum Gasteiger partial charge on any atom is -0.479 e. The number of hydrogen-bond donors (Lipinski definition) is 3. The SMILES string of the molecule is Cc1nn(C)c(C)c1CCC(=O)NC[C@H](O)C(=O)O. The van der Waals surface area contributed by atoms with Gasteiger partial charge in [-0.25, -0.2) is 4.79 Å². The molecule has 0 spiro atoms. The van der Waals surface area contributed by atoms with Gasteiger partial charge in [0, 0.05) is 19.2 Å². The van der Waals surface area contributed by atoms with Gasteiger partial charge in [0.2, 0.25) is 5.91 Å². The summed E-state index contributed by atoms with van der Waals surface area (Å²) < 4.78 is 1.76. The molecule has 0 radical (unpaired) electrons. The van der Waals surface area contributed by atoms with Crippen LogP contribution >= 0.6 is 0 Å². The number of rotatable bonds is 6. The molecule has 1 atom stereocenters. The van der Waals surface area contributed by atoms with Gasteiger partial charge in [-0.2, -0.15) is 5.10 Å². The van der Waals surface area contributed by atoms with Gasteiger partial charge < -0.3 is 15.5 Å². The fourth-order valence-electron chi connectivity index (χ4n) is 1.80. The number of carboxylic acid groups (broad SMARTS) is 1. The van der Waals surface area contributed by atoms with Crippen LogP contribution in [-0.4, -0.2) is 44.5 Å². The molecule has 0 aliphatic carbocycles. The molecule has 0 saturated carbocycles. The predicted octanol–water partition coefficient (Wildman–Crippen LogP) is -0.469. The Bertz CT molecular complexity index is 482. The lowest BCUT2D eigenvalue weighted by atomic mass is 10.1. The summed E-state index contributed by atoms with van der Waals surface area (Å²) in [5.41, 5.74) is 2.92. The summed E-state index contributed by atoms with van der Waals surface area (Å²) in [7, 11) is 1.84. The molecule has 0 saturated heterocycles. The van der Waals surface area contributed by atoms with E-state index < -0.39 is 12.1 Å². The summed E-state index contributed by atoms with van der Waals surface area (Å²) in [5, 5.41) is 24.1. The zero-order valence-electron chi connectivity index (χ0n) is 11.3. The first-order valence-electron chi connectivity index (χ1n) is 5.99. The van der Waals surface area contributed by atoms with E-state index in [4.69, 9.17) is 10.2 Å². The van der Waals surface area contributed by atoms with Crippen LogP contribution in [0.3, 0.4) is 0 Å². The first-order chi connectivity index (χ1) is 8.82. The van der Waals surface area contributed by atoms with Crippen LogP contribution in [0.5, 0.6) is 0 Å². The maximum Gasteiger partial charge on any atom is 0.334 e. The van der Waals surface area contributed by atoms with E-state index in [1.807, 2.05) is 20.9 Å². The molecule has 106 valence electrons. The average molecular weight is 269 g/mol. The highest BCUT2D eigenvalue weighted by Crippen LogP contribution is 2.13. The lowest BCUT2D eigenvalue weighted by Gasteiger charge is -2.08. The van der Waals surface area contributed by atoms with E-state index in [1.165, 1.54) is 0 Å². The van der Waals surface area contributed by atoms with Crippen LogP contribution < -0.4 is 5.32 Å². The van der Waals surface area contributed by atoms with Crippen LogP contribution in [-0.2, 0) is 23.1 Å². The molecule has 0 bridgehead atoms. The summed E-state index contributed by atoms with van der Waals surface area (Å²) in [6, 6.07) is 0. The number of amides is 1. The van der Waals surface area contributed by atoms with Crippen molar-refractivity contribution >= 4 is 11.9 Å². The molecule has 1 heterocycles. The molecule has 7 heteroatoms. The van der Waals surface area contributed by atoms with Crippen molar-refractivity contribution in [2.45, 2.75) is 32.8 Å². The number of aryl methyl sites for hydroxylation is 2. The monoisotopic (exact) mass is 269 g/mol. The van der Waals surface area contributed by atoms with Crippen molar-refractivity contribution in [2.75, 3.05) is 6.54 Å². The number of carboxylic acids is 1. The molecule has 1 rings (SSSR count). The molecule has 1 amide bonds. The smallest absolute Gasteiger partial charge is 0.334 e. The molecule has 19 heavy (non-hydrogen) atoms. The van der Waals surface area contributed by atoms with Crippen molar-refractivity contribution in [1.29, 1.82) is 0 Å². The second kappa shape index (κ2) is 6.33. The lowest BCUT2D eigenvalue weighted by molar-refractivity contribution is -0.146. The normalized spacial score (nSPS) is 12.2. The quantitative estimate of drug-likeness (QED) is 0.647. The molecule has 1 aromatic heterocycles. The molecule has 0 unspecified atom stereocenters. The largest absolute Gasteiger partial charge is 0.479 e. The Balaban J connectivity index is 2.44. The summed E-state index contributed by atoms with van der Waals surface area (Å²) in [6.07, 6.45) is -0.786. The second-order valence-corrected chi connectivity index (χ2v) is 4.43. The van der Waals surface area contributed by atoms with Crippen molar-refractivity contribution in [3.05, 3.63) is 17.0 Å². The van der Waals surface area contributed by atoms with Crippen LogP contribution in [0.25, 0.3) is 0 Å². The molecule has 0 aliphatic rings.